The number of hydrogen-bond acceptors (Lipinski definition) is 3. The highest BCUT2D eigenvalue weighted by Gasteiger charge is 2.31. The maximum Gasteiger partial charge on any atom is 0.0816 e. The van der Waals surface area contributed by atoms with Crippen LogP contribution < -0.4 is 5.32 Å². The lowest BCUT2D eigenvalue weighted by molar-refractivity contribution is -0.0533. The Labute approximate surface area is 99.9 Å². The van der Waals surface area contributed by atoms with Gasteiger partial charge < -0.3 is 14.8 Å². The molecule has 1 aliphatic rings. The summed E-state index contributed by atoms with van der Waals surface area (Å²) in [6.45, 7) is 11.3. The van der Waals surface area contributed by atoms with Gasteiger partial charge in [0.25, 0.3) is 0 Å². The molecule has 16 heavy (non-hydrogen) atoms. The van der Waals surface area contributed by atoms with Crippen LogP contribution >= 0.6 is 0 Å². The van der Waals surface area contributed by atoms with Crippen LogP contribution in [-0.4, -0.2) is 37.5 Å². The second-order valence-corrected chi connectivity index (χ2v) is 5.58. The van der Waals surface area contributed by atoms with Crippen LogP contribution in [0.4, 0.5) is 0 Å². The average Bonchev–Trinajstić information content (AvgIpc) is 2.51. The molecule has 0 spiro atoms. The van der Waals surface area contributed by atoms with Crippen LogP contribution in [-0.2, 0) is 9.47 Å². The molecule has 1 heterocycles. The molecule has 1 atom stereocenters. The summed E-state index contributed by atoms with van der Waals surface area (Å²) in [4.78, 5) is 0. The van der Waals surface area contributed by atoms with E-state index in [1.807, 2.05) is 0 Å². The van der Waals surface area contributed by atoms with Gasteiger partial charge in [-0.05, 0) is 39.7 Å². The van der Waals surface area contributed by atoms with Crippen molar-refractivity contribution in [3.05, 3.63) is 0 Å². The molecule has 1 N–H and O–H groups in total. The van der Waals surface area contributed by atoms with E-state index in [-0.39, 0.29) is 5.60 Å². The molecule has 0 radical (unpaired) electrons. The predicted molar refractivity (Wildman–Crippen MR) is 66.8 cm³/mol. The molecular weight excluding hydrogens is 202 g/mol. The largest absolute Gasteiger partial charge is 0.379 e. The van der Waals surface area contributed by atoms with E-state index in [1.165, 1.54) is 0 Å². The molecule has 1 aliphatic heterocycles. The first-order valence-electron chi connectivity index (χ1n) is 6.48. The monoisotopic (exact) mass is 229 g/mol. The lowest BCUT2D eigenvalue weighted by Crippen LogP contribution is -2.25. The standard InChI is InChI=1S/C13H27NO2/c1-11(2)14-8-5-9-15-10-12-6-7-13(3,4)16-12/h11-12,14H,5-10H2,1-4H3. The van der Waals surface area contributed by atoms with Crippen LogP contribution in [0.15, 0.2) is 0 Å². The summed E-state index contributed by atoms with van der Waals surface area (Å²) < 4.78 is 11.5. The van der Waals surface area contributed by atoms with Crippen molar-refractivity contribution in [2.45, 2.75) is 64.7 Å². The van der Waals surface area contributed by atoms with Crippen LogP contribution in [0.25, 0.3) is 0 Å². The highest BCUT2D eigenvalue weighted by atomic mass is 16.5. The van der Waals surface area contributed by atoms with E-state index in [0.717, 1.165) is 39.0 Å². The van der Waals surface area contributed by atoms with Crippen molar-refractivity contribution >= 4 is 0 Å². The summed E-state index contributed by atoms with van der Waals surface area (Å²) in [7, 11) is 0. The molecule has 0 saturated carbocycles. The third kappa shape index (κ3) is 5.83. The minimum absolute atomic E-state index is 0.0627. The van der Waals surface area contributed by atoms with Crippen molar-refractivity contribution in [2.75, 3.05) is 19.8 Å². The number of ether oxygens (including phenoxy) is 2. The lowest BCUT2D eigenvalue weighted by Gasteiger charge is -2.19. The third-order valence-electron chi connectivity index (χ3n) is 2.88. The van der Waals surface area contributed by atoms with Gasteiger partial charge in [-0.25, -0.2) is 0 Å². The highest BCUT2D eigenvalue weighted by molar-refractivity contribution is 4.80. The van der Waals surface area contributed by atoms with Gasteiger partial charge in [-0.15, -0.1) is 0 Å². The molecular formula is C13H27NO2. The molecule has 1 saturated heterocycles. The molecule has 0 aromatic carbocycles. The second kappa shape index (κ2) is 6.58. The highest BCUT2D eigenvalue weighted by Crippen LogP contribution is 2.29. The van der Waals surface area contributed by atoms with Gasteiger partial charge in [-0.3, -0.25) is 0 Å². The molecule has 0 aromatic heterocycles. The first-order chi connectivity index (χ1) is 7.49. The van der Waals surface area contributed by atoms with Gasteiger partial charge in [0.1, 0.15) is 0 Å². The van der Waals surface area contributed by atoms with Crippen molar-refractivity contribution in [3.63, 3.8) is 0 Å². The van der Waals surface area contributed by atoms with E-state index in [2.05, 4.69) is 33.0 Å². The minimum Gasteiger partial charge on any atom is -0.379 e. The van der Waals surface area contributed by atoms with E-state index < -0.39 is 0 Å². The van der Waals surface area contributed by atoms with E-state index in [9.17, 15) is 0 Å². The molecule has 3 heteroatoms. The molecule has 0 aromatic rings. The van der Waals surface area contributed by atoms with Crippen molar-refractivity contribution in [1.29, 1.82) is 0 Å². The minimum atomic E-state index is 0.0627. The van der Waals surface area contributed by atoms with Gasteiger partial charge in [0.05, 0.1) is 18.3 Å². The summed E-state index contributed by atoms with van der Waals surface area (Å²) in [6, 6.07) is 0.568. The quantitative estimate of drug-likeness (QED) is 0.680. The Bertz CT molecular complexity index is 192. The van der Waals surface area contributed by atoms with Crippen LogP contribution in [0.1, 0.15) is 47.0 Å². The van der Waals surface area contributed by atoms with E-state index in [0.29, 0.717) is 12.1 Å². The Morgan fingerprint density at radius 2 is 2.19 bits per heavy atom. The maximum absolute atomic E-state index is 5.85. The van der Waals surface area contributed by atoms with Crippen molar-refractivity contribution in [3.8, 4) is 0 Å². The Morgan fingerprint density at radius 3 is 2.75 bits per heavy atom. The Hall–Kier alpha value is -0.120. The molecule has 3 nitrogen and oxygen atoms in total. The van der Waals surface area contributed by atoms with Gasteiger partial charge in [0.15, 0.2) is 0 Å². The fourth-order valence-corrected chi connectivity index (χ4v) is 1.97. The zero-order valence-corrected chi connectivity index (χ0v) is 11.2. The van der Waals surface area contributed by atoms with Crippen LogP contribution in [0.3, 0.4) is 0 Å². The Balaban J connectivity index is 1.92. The van der Waals surface area contributed by atoms with Gasteiger partial charge in [0.2, 0.25) is 0 Å². The maximum atomic E-state index is 5.85. The molecule has 1 fully saturated rings. The summed E-state index contributed by atoms with van der Waals surface area (Å²) in [5.74, 6) is 0. The molecule has 0 aliphatic carbocycles. The van der Waals surface area contributed by atoms with Gasteiger partial charge in [0, 0.05) is 12.6 Å². The fraction of sp³-hybridized carbons (Fsp3) is 1.00. The number of rotatable bonds is 7. The summed E-state index contributed by atoms with van der Waals surface area (Å²) in [6.07, 6.45) is 3.68. The molecule has 0 bridgehead atoms. The van der Waals surface area contributed by atoms with Gasteiger partial charge in [-0.2, -0.15) is 0 Å². The van der Waals surface area contributed by atoms with Gasteiger partial charge >= 0.3 is 0 Å². The lowest BCUT2D eigenvalue weighted by atomic mass is 10.1. The predicted octanol–water partition coefficient (Wildman–Crippen LogP) is 2.35. The van der Waals surface area contributed by atoms with Crippen LogP contribution in [0.2, 0.25) is 0 Å². The zero-order chi connectivity index (χ0) is 12.0. The van der Waals surface area contributed by atoms with Crippen LogP contribution in [0.5, 0.6) is 0 Å². The molecule has 0 amide bonds. The first-order valence-corrected chi connectivity index (χ1v) is 6.48. The normalized spacial score (nSPS) is 24.2. The molecule has 1 unspecified atom stereocenters. The van der Waals surface area contributed by atoms with Gasteiger partial charge in [-0.1, -0.05) is 13.8 Å². The summed E-state index contributed by atoms with van der Waals surface area (Å²) in [5.41, 5.74) is 0.0627. The Kier molecular flexibility index (Phi) is 5.73. The zero-order valence-electron chi connectivity index (χ0n) is 11.2. The number of hydrogen-bond donors (Lipinski definition) is 1. The second-order valence-electron chi connectivity index (χ2n) is 5.58. The first kappa shape index (κ1) is 13.9. The van der Waals surface area contributed by atoms with Crippen LogP contribution in [0, 0.1) is 0 Å². The third-order valence-corrected chi connectivity index (χ3v) is 2.88. The Morgan fingerprint density at radius 1 is 1.44 bits per heavy atom. The average molecular weight is 229 g/mol. The topological polar surface area (TPSA) is 30.5 Å². The number of nitrogens with one attached hydrogen (secondary N) is 1. The van der Waals surface area contributed by atoms with E-state index in [1.54, 1.807) is 0 Å². The molecule has 96 valence electrons. The van der Waals surface area contributed by atoms with Crippen molar-refractivity contribution < 1.29 is 9.47 Å². The molecule has 1 rings (SSSR count). The SMILES string of the molecule is CC(C)NCCCOCC1CCC(C)(C)O1. The smallest absolute Gasteiger partial charge is 0.0816 e. The van der Waals surface area contributed by atoms with E-state index >= 15 is 0 Å². The summed E-state index contributed by atoms with van der Waals surface area (Å²) in [5, 5.41) is 3.38. The summed E-state index contributed by atoms with van der Waals surface area (Å²) >= 11 is 0. The fourth-order valence-electron chi connectivity index (χ4n) is 1.97. The van der Waals surface area contributed by atoms with E-state index in [4.69, 9.17) is 9.47 Å². The van der Waals surface area contributed by atoms with Crippen molar-refractivity contribution in [1.82, 2.24) is 5.32 Å². The van der Waals surface area contributed by atoms with Crippen molar-refractivity contribution in [2.24, 2.45) is 0 Å².